The number of carboxylic acid groups (broad SMARTS) is 1. The van der Waals surface area contributed by atoms with E-state index in [0.717, 1.165) is 17.4 Å². The molecule has 0 aromatic carbocycles. The molecule has 7 heteroatoms. The van der Waals surface area contributed by atoms with Gasteiger partial charge in [-0.1, -0.05) is 0 Å². The van der Waals surface area contributed by atoms with Crippen molar-refractivity contribution < 1.29 is 9.90 Å². The number of fused-ring (bicyclic) bond motifs is 1. The lowest BCUT2D eigenvalue weighted by Crippen LogP contribution is -2.24. The van der Waals surface area contributed by atoms with Crippen LogP contribution in [-0.2, 0) is 11.3 Å². The van der Waals surface area contributed by atoms with Crippen LogP contribution in [0.5, 0.6) is 0 Å². The first-order chi connectivity index (χ1) is 8.58. The molecule has 18 heavy (non-hydrogen) atoms. The zero-order valence-corrected chi connectivity index (χ0v) is 10.9. The van der Waals surface area contributed by atoms with Gasteiger partial charge >= 0.3 is 5.97 Å². The van der Waals surface area contributed by atoms with Crippen LogP contribution in [0.15, 0.2) is 21.8 Å². The first-order valence-electron chi connectivity index (χ1n) is 5.55. The average Bonchev–Trinajstić information content (AvgIpc) is 3.07. The average molecular weight is 312 g/mol. The molecule has 0 spiro atoms. The van der Waals surface area contributed by atoms with E-state index >= 15 is 0 Å². The topological polar surface area (TPSA) is 77.1 Å². The normalized spacial score (nSPS) is 15.2. The molecule has 0 radical (unpaired) electrons. The van der Waals surface area contributed by atoms with E-state index in [1.807, 2.05) is 10.8 Å². The van der Waals surface area contributed by atoms with Gasteiger partial charge in [-0.3, -0.25) is 14.2 Å². The SMILES string of the molecule is O=C(O)Cn1cnc2c(c(Br)cn2C2CC2)c1=O. The molecule has 6 nitrogen and oxygen atoms in total. The van der Waals surface area contributed by atoms with E-state index in [1.54, 1.807) is 0 Å². The van der Waals surface area contributed by atoms with Gasteiger partial charge in [-0.15, -0.1) is 0 Å². The zero-order chi connectivity index (χ0) is 12.9. The molecule has 2 aromatic rings. The lowest BCUT2D eigenvalue weighted by Gasteiger charge is -2.03. The largest absolute Gasteiger partial charge is 0.480 e. The highest BCUT2D eigenvalue weighted by Crippen LogP contribution is 2.38. The summed E-state index contributed by atoms with van der Waals surface area (Å²) in [5.41, 5.74) is 0.296. The molecule has 0 amide bonds. The smallest absolute Gasteiger partial charge is 0.323 e. The van der Waals surface area contributed by atoms with E-state index in [4.69, 9.17) is 5.11 Å². The lowest BCUT2D eigenvalue weighted by molar-refractivity contribution is -0.137. The van der Waals surface area contributed by atoms with Crippen LogP contribution >= 0.6 is 15.9 Å². The van der Waals surface area contributed by atoms with Crippen molar-refractivity contribution in [2.24, 2.45) is 0 Å². The van der Waals surface area contributed by atoms with Crippen molar-refractivity contribution in [1.82, 2.24) is 14.1 Å². The standard InChI is InChI=1S/C11H10BrN3O3/c12-7-3-15(6-1-2-6)10-9(7)11(18)14(5-13-10)4-8(16)17/h3,5-6H,1-2,4H2,(H,16,17). The third kappa shape index (κ3) is 1.74. The van der Waals surface area contributed by atoms with Crippen LogP contribution in [0, 0.1) is 0 Å². The third-order valence-corrected chi connectivity index (χ3v) is 3.60. The van der Waals surface area contributed by atoms with Crippen LogP contribution in [0.1, 0.15) is 18.9 Å². The maximum atomic E-state index is 12.2. The van der Waals surface area contributed by atoms with Crippen molar-refractivity contribution in [3.8, 4) is 0 Å². The molecule has 94 valence electrons. The van der Waals surface area contributed by atoms with Crippen molar-refractivity contribution in [2.75, 3.05) is 0 Å². The van der Waals surface area contributed by atoms with E-state index in [-0.39, 0.29) is 12.1 Å². The fourth-order valence-electron chi connectivity index (χ4n) is 2.02. The van der Waals surface area contributed by atoms with E-state index in [1.165, 1.54) is 6.33 Å². The molecule has 0 unspecified atom stereocenters. The molecule has 0 aliphatic heterocycles. The highest BCUT2D eigenvalue weighted by molar-refractivity contribution is 9.10. The summed E-state index contributed by atoms with van der Waals surface area (Å²) >= 11 is 3.34. The number of hydrogen-bond acceptors (Lipinski definition) is 3. The van der Waals surface area contributed by atoms with E-state index in [2.05, 4.69) is 20.9 Å². The van der Waals surface area contributed by atoms with E-state index in [9.17, 15) is 9.59 Å². The molecule has 0 bridgehead atoms. The Kier molecular flexibility index (Phi) is 2.51. The van der Waals surface area contributed by atoms with Crippen molar-refractivity contribution >= 4 is 32.9 Å². The molecular weight excluding hydrogens is 302 g/mol. The van der Waals surface area contributed by atoms with Crippen LogP contribution in [0.4, 0.5) is 0 Å². The summed E-state index contributed by atoms with van der Waals surface area (Å²) in [4.78, 5) is 27.0. The molecule has 0 saturated heterocycles. The second-order valence-corrected chi connectivity index (χ2v) is 5.24. The first kappa shape index (κ1) is 11.5. The Morgan fingerprint density at radius 2 is 2.28 bits per heavy atom. The molecule has 2 aromatic heterocycles. The van der Waals surface area contributed by atoms with Gasteiger partial charge in [0, 0.05) is 12.2 Å². The molecule has 2 heterocycles. The maximum absolute atomic E-state index is 12.2. The van der Waals surface area contributed by atoms with Gasteiger partial charge in [0.15, 0.2) is 0 Å². The lowest BCUT2D eigenvalue weighted by atomic mass is 10.4. The summed E-state index contributed by atoms with van der Waals surface area (Å²) in [5.74, 6) is -1.06. The van der Waals surface area contributed by atoms with Gasteiger partial charge in [0.05, 0.1) is 9.86 Å². The highest BCUT2D eigenvalue weighted by Gasteiger charge is 2.27. The Balaban J connectivity index is 2.22. The fourth-order valence-corrected chi connectivity index (χ4v) is 2.59. The highest BCUT2D eigenvalue weighted by atomic mass is 79.9. The molecule has 3 rings (SSSR count). The fraction of sp³-hybridized carbons (Fsp3) is 0.364. The number of carboxylic acids is 1. The number of nitrogens with zero attached hydrogens (tertiary/aromatic N) is 3. The van der Waals surface area contributed by atoms with Crippen molar-refractivity contribution in [1.29, 1.82) is 0 Å². The van der Waals surface area contributed by atoms with Gasteiger partial charge < -0.3 is 9.67 Å². The molecule has 1 fully saturated rings. The van der Waals surface area contributed by atoms with Crippen LogP contribution in [0.2, 0.25) is 0 Å². The Hall–Kier alpha value is -1.63. The summed E-state index contributed by atoms with van der Waals surface area (Å²) in [5, 5.41) is 9.18. The maximum Gasteiger partial charge on any atom is 0.323 e. The molecule has 1 aliphatic carbocycles. The quantitative estimate of drug-likeness (QED) is 0.929. The van der Waals surface area contributed by atoms with Gasteiger partial charge in [0.1, 0.15) is 18.5 Å². The monoisotopic (exact) mass is 311 g/mol. The Morgan fingerprint density at radius 3 is 2.89 bits per heavy atom. The molecule has 1 aliphatic rings. The number of hydrogen-bond donors (Lipinski definition) is 1. The Bertz CT molecular complexity index is 699. The predicted octanol–water partition coefficient (Wildman–Crippen LogP) is 1.38. The summed E-state index contributed by atoms with van der Waals surface area (Å²) in [6, 6.07) is 0.418. The summed E-state index contributed by atoms with van der Waals surface area (Å²) < 4.78 is 3.75. The van der Waals surface area contributed by atoms with Gasteiger partial charge in [-0.2, -0.15) is 0 Å². The molecule has 1 N–H and O–H groups in total. The van der Waals surface area contributed by atoms with Gasteiger partial charge in [-0.05, 0) is 28.8 Å². The summed E-state index contributed by atoms with van der Waals surface area (Å²) in [6.45, 7) is -0.372. The number of carbonyl (C=O) groups is 1. The second kappa shape index (κ2) is 3.94. The van der Waals surface area contributed by atoms with Crippen LogP contribution in [0.3, 0.4) is 0 Å². The summed E-state index contributed by atoms with van der Waals surface area (Å²) in [6.07, 6.45) is 5.33. The van der Waals surface area contributed by atoms with E-state index < -0.39 is 5.97 Å². The van der Waals surface area contributed by atoms with E-state index in [0.29, 0.717) is 21.5 Å². The van der Waals surface area contributed by atoms with Gasteiger partial charge in [-0.25, -0.2) is 4.98 Å². The summed E-state index contributed by atoms with van der Waals surface area (Å²) in [7, 11) is 0. The number of aromatic nitrogens is 3. The minimum absolute atomic E-state index is 0.325. The van der Waals surface area contributed by atoms with Crippen LogP contribution in [-0.4, -0.2) is 25.2 Å². The Labute approximate surface area is 110 Å². The third-order valence-electron chi connectivity index (χ3n) is 3.00. The Morgan fingerprint density at radius 1 is 1.56 bits per heavy atom. The van der Waals surface area contributed by atoms with Crippen LogP contribution < -0.4 is 5.56 Å². The van der Waals surface area contributed by atoms with Crippen LogP contribution in [0.25, 0.3) is 11.0 Å². The van der Waals surface area contributed by atoms with Gasteiger partial charge in [0.2, 0.25) is 0 Å². The zero-order valence-electron chi connectivity index (χ0n) is 9.34. The molecule has 0 atom stereocenters. The predicted molar refractivity (Wildman–Crippen MR) is 67.6 cm³/mol. The van der Waals surface area contributed by atoms with Gasteiger partial charge in [0.25, 0.3) is 5.56 Å². The first-order valence-corrected chi connectivity index (χ1v) is 6.34. The van der Waals surface area contributed by atoms with Crippen molar-refractivity contribution in [3.63, 3.8) is 0 Å². The van der Waals surface area contributed by atoms with Crippen molar-refractivity contribution in [2.45, 2.75) is 25.4 Å². The second-order valence-electron chi connectivity index (χ2n) is 4.39. The number of rotatable bonds is 3. The number of aliphatic carboxylic acids is 1. The minimum atomic E-state index is -1.06. The molecule has 1 saturated carbocycles. The minimum Gasteiger partial charge on any atom is -0.480 e. The number of halogens is 1. The molecular formula is C11H10BrN3O3. The van der Waals surface area contributed by atoms with Crippen molar-refractivity contribution in [3.05, 3.63) is 27.4 Å².